The minimum atomic E-state index is -0.00222. The van der Waals surface area contributed by atoms with Crippen molar-refractivity contribution in [3.63, 3.8) is 0 Å². The molecule has 4 heteroatoms. The molecule has 1 spiro atoms. The number of nitrogens with zero attached hydrogens (tertiary/aromatic N) is 2. The average Bonchev–Trinajstić information content (AvgIpc) is 2.98. The van der Waals surface area contributed by atoms with Crippen LogP contribution in [0.25, 0.3) is 0 Å². The molecule has 0 saturated carbocycles. The van der Waals surface area contributed by atoms with Crippen molar-refractivity contribution in [2.24, 2.45) is 15.4 Å². The van der Waals surface area contributed by atoms with E-state index in [0.717, 1.165) is 12.8 Å². The van der Waals surface area contributed by atoms with Crippen LogP contribution in [0.1, 0.15) is 54.4 Å². The van der Waals surface area contributed by atoms with Crippen molar-refractivity contribution in [3.8, 4) is 0 Å². The maximum atomic E-state index is 5.05. The quantitative estimate of drug-likeness (QED) is 0.514. The van der Waals surface area contributed by atoms with Crippen LogP contribution in [0.5, 0.6) is 0 Å². The molecular weight excluding hydrogens is 344 g/mol. The largest absolute Gasteiger partial charge is 0.276 e. The van der Waals surface area contributed by atoms with E-state index in [1.54, 1.807) is 11.8 Å². The molecule has 3 rings (SSSR count). The molecule has 0 aromatic rings. The van der Waals surface area contributed by atoms with Crippen molar-refractivity contribution in [3.05, 3.63) is 34.4 Å². The van der Waals surface area contributed by atoms with Crippen LogP contribution in [0.2, 0.25) is 0 Å². The predicted octanol–water partition coefficient (Wildman–Crippen LogP) is 6.06. The fourth-order valence-corrected chi connectivity index (χ4v) is 6.35. The molecule has 0 radical (unpaired) electrons. The lowest BCUT2D eigenvalue weighted by atomic mass is 9.67. The highest BCUT2D eigenvalue weighted by Crippen LogP contribution is 2.54. The summed E-state index contributed by atoms with van der Waals surface area (Å²) in [6.45, 7) is 13.5. The summed E-state index contributed by atoms with van der Waals surface area (Å²) in [4.78, 5) is 9.97. The van der Waals surface area contributed by atoms with Gasteiger partial charge in [-0.2, -0.15) is 0 Å². The Kier molecular flexibility index (Phi) is 4.69. The number of allylic oxidation sites excluding steroid dienone is 5. The number of hydrogen-bond donors (Lipinski definition) is 0. The molecule has 1 aliphatic carbocycles. The third-order valence-electron chi connectivity index (χ3n) is 5.56. The van der Waals surface area contributed by atoms with Crippen LogP contribution in [0.3, 0.4) is 0 Å². The summed E-state index contributed by atoms with van der Waals surface area (Å²) in [5.41, 5.74) is 5.64. The smallest absolute Gasteiger partial charge is 0.0947 e. The van der Waals surface area contributed by atoms with Gasteiger partial charge in [0.2, 0.25) is 0 Å². The Balaban J connectivity index is 2.10. The monoisotopic (exact) mass is 374 g/mol. The van der Waals surface area contributed by atoms with Gasteiger partial charge in [-0.1, -0.05) is 23.3 Å². The van der Waals surface area contributed by atoms with Gasteiger partial charge in [0.25, 0.3) is 0 Å². The highest BCUT2D eigenvalue weighted by Gasteiger charge is 2.50. The topological polar surface area (TPSA) is 24.7 Å². The molecule has 2 aliphatic heterocycles. The van der Waals surface area contributed by atoms with Crippen LogP contribution in [0.4, 0.5) is 0 Å². The number of aliphatic imine (C=N–C) groups is 2. The van der Waals surface area contributed by atoms with Crippen molar-refractivity contribution in [1.82, 2.24) is 0 Å². The van der Waals surface area contributed by atoms with E-state index >= 15 is 0 Å². The van der Waals surface area contributed by atoms with Crippen LogP contribution < -0.4 is 0 Å². The lowest BCUT2D eigenvalue weighted by Crippen LogP contribution is -2.33. The van der Waals surface area contributed by atoms with Crippen LogP contribution in [-0.2, 0) is 0 Å². The Morgan fingerprint density at radius 2 is 1.48 bits per heavy atom. The van der Waals surface area contributed by atoms with E-state index < -0.39 is 0 Å². The van der Waals surface area contributed by atoms with Gasteiger partial charge in [-0.3, -0.25) is 9.98 Å². The first-order valence-electron chi connectivity index (χ1n) is 8.94. The fraction of sp³-hybridized carbons (Fsp3) is 0.619. The number of rotatable bonds is 0. The normalized spacial score (nSPS) is 30.4. The van der Waals surface area contributed by atoms with E-state index in [0.29, 0.717) is 0 Å². The van der Waals surface area contributed by atoms with Crippen molar-refractivity contribution in [1.29, 1.82) is 0 Å². The van der Waals surface area contributed by atoms with Crippen LogP contribution >= 0.6 is 23.5 Å². The SMILES string of the molecule is CSC1=NC(C)(C)CC1=C1C=C(C)C2(CC(C)(C)N=C2SC)C(C)=C1. The van der Waals surface area contributed by atoms with E-state index in [9.17, 15) is 0 Å². The second kappa shape index (κ2) is 6.16. The van der Waals surface area contributed by atoms with Gasteiger partial charge in [0.05, 0.1) is 26.6 Å². The van der Waals surface area contributed by atoms with Crippen molar-refractivity contribution >= 4 is 33.6 Å². The molecular formula is C21H30N2S2. The molecule has 0 aromatic heterocycles. The first-order chi connectivity index (χ1) is 11.5. The Hall–Kier alpha value is -0.740. The molecule has 25 heavy (non-hydrogen) atoms. The van der Waals surface area contributed by atoms with E-state index in [1.807, 2.05) is 11.8 Å². The van der Waals surface area contributed by atoms with Crippen molar-refractivity contribution < 1.29 is 0 Å². The van der Waals surface area contributed by atoms with Gasteiger partial charge in [0.15, 0.2) is 0 Å². The van der Waals surface area contributed by atoms with E-state index in [-0.39, 0.29) is 16.5 Å². The van der Waals surface area contributed by atoms with E-state index in [4.69, 9.17) is 9.98 Å². The van der Waals surface area contributed by atoms with Gasteiger partial charge in [-0.05, 0) is 71.6 Å². The van der Waals surface area contributed by atoms with E-state index in [2.05, 4.69) is 66.2 Å². The maximum absolute atomic E-state index is 5.05. The number of thioether (sulfide) groups is 2. The molecule has 0 amide bonds. The standard InChI is InChI=1S/C21H30N2S2/c1-13-9-15(16-11-19(3,4)22-17(16)24-7)10-14(2)21(13)12-20(5,6)23-18(21)25-8/h9-10H,11-12H2,1-8H3. The molecule has 136 valence electrons. The zero-order chi connectivity index (χ0) is 18.6. The Labute approximate surface area is 161 Å². The van der Waals surface area contributed by atoms with Gasteiger partial charge in [-0.15, -0.1) is 23.5 Å². The van der Waals surface area contributed by atoms with Gasteiger partial charge in [0.1, 0.15) is 0 Å². The number of hydrogen-bond acceptors (Lipinski definition) is 4. The summed E-state index contributed by atoms with van der Waals surface area (Å²) in [6, 6.07) is 0. The van der Waals surface area contributed by atoms with Crippen LogP contribution in [-0.4, -0.2) is 33.7 Å². The molecule has 2 heterocycles. The van der Waals surface area contributed by atoms with E-state index in [1.165, 1.54) is 32.4 Å². The van der Waals surface area contributed by atoms with Gasteiger partial charge >= 0.3 is 0 Å². The molecule has 0 N–H and O–H groups in total. The molecule has 0 atom stereocenters. The first-order valence-corrected chi connectivity index (χ1v) is 11.4. The Morgan fingerprint density at radius 1 is 0.880 bits per heavy atom. The molecule has 3 aliphatic rings. The first kappa shape index (κ1) is 19.0. The summed E-state index contributed by atoms with van der Waals surface area (Å²) in [5.74, 6) is 0. The van der Waals surface area contributed by atoms with Gasteiger partial charge < -0.3 is 0 Å². The lowest BCUT2D eigenvalue weighted by Gasteiger charge is -2.37. The van der Waals surface area contributed by atoms with Crippen LogP contribution in [0, 0.1) is 5.41 Å². The molecule has 0 aromatic carbocycles. The second-order valence-electron chi connectivity index (χ2n) is 8.71. The minimum Gasteiger partial charge on any atom is -0.276 e. The second-order valence-corrected chi connectivity index (χ2v) is 10.3. The zero-order valence-electron chi connectivity index (χ0n) is 16.8. The fourth-order valence-electron chi connectivity index (χ4n) is 4.49. The third-order valence-corrected chi connectivity index (χ3v) is 7.12. The lowest BCUT2D eigenvalue weighted by molar-refractivity contribution is 0.422. The summed E-state index contributed by atoms with van der Waals surface area (Å²) < 4.78 is 0. The molecule has 2 nitrogen and oxygen atoms in total. The minimum absolute atomic E-state index is 0.00222. The third kappa shape index (κ3) is 3.10. The predicted molar refractivity (Wildman–Crippen MR) is 116 cm³/mol. The summed E-state index contributed by atoms with van der Waals surface area (Å²) in [6.07, 6.45) is 11.2. The highest BCUT2D eigenvalue weighted by atomic mass is 32.2. The molecule has 0 bridgehead atoms. The maximum Gasteiger partial charge on any atom is 0.0947 e. The van der Waals surface area contributed by atoms with Gasteiger partial charge in [0, 0.05) is 6.42 Å². The average molecular weight is 375 g/mol. The van der Waals surface area contributed by atoms with Crippen LogP contribution in [0.15, 0.2) is 44.4 Å². The Morgan fingerprint density at radius 3 is 2.00 bits per heavy atom. The molecule has 0 unspecified atom stereocenters. The highest BCUT2D eigenvalue weighted by molar-refractivity contribution is 8.14. The summed E-state index contributed by atoms with van der Waals surface area (Å²) in [5, 5.41) is 2.48. The van der Waals surface area contributed by atoms with Crippen molar-refractivity contribution in [2.45, 2.75) is 65.5 Å². The molecule has 0 fully saturated rings. The van der Waals surface area contributed by atoms with Crippen molar-refractivity contribution in [2.75, 3.05) is 12.5 Å². The van der Waals surface area contributed by atoms with Gasteiger partial charge in [-0.25, -0.2) is 0 Å². The molecule has 0 saturated heterocycles. The Bertz CT molecular complexity index is 739. The summed E-state index contributed by atoms with van der Waals surface area (Å²) >= 11 is 3.58. The summed E-state index contributed by atoms with van der Waals surface area (Å²) in [7, 11) is 0. The zero-order valence-corrected chi connectivity index (χ0v) is 18.4.